The predicted molar refractivity (Wildman–Crippen MR) is 36.4 cm³/mol. The van der Waals surface area contributed by atoms with Crippen LogP contribution in [0.2, 0.25) is 0 Å². The highest BCUT2D eigenvalue weighted by Gasteiger charge is 2.10. The van der Waals surface area contributed by atoms with Crippen molar-refractivity contribution in [1.29, 1.82) is 0 Å². The predicted octanol–water partition coefficient (Wildman–Crippen LogP) is -1.94. The Morgan fingerprint density at radius 1 is 1.22 bits per heavy atom. The van der Waals surface area contributed by atoms with Gasteiger partial charge in [0.05, 0.1) is 6.04 Å². The highest BCUT2D eigenvalue weighted by molar-refractivity contribution is 4.58. The molecular weight excluding hydrogens is 134 g/mol. The average molecular weight is 152 g/mol. The van der Waals surface area contributed by atoms with Crippen molar-refractivity contribution in [1.82, 2.24) is 0 Å². The highest BCUT2D eigenvalue weighted by Crippen LogP contribution is 2.08. The van der Waals surface area contributed by atoms with Crippen LogP contribution in [-0.4, -0.2) is 6.04 Å². The van der Waals surface area contributed by atoms with Gasteiger partial charge in [-0.25, -0.2) is 0 Å². The lowest BCUT2D eigenvalue weighted by Gasteiger charge is -2.12. The minimum Gasteiger partial charge on any atom is -1.00 e. The molecule has 0 aromatic carbocycles. The number of hydrogen-bond acceptors (Lipinski definition) is 0. The molecule has 2 heteroatoms. The maximum Gasteiger partial charge on any atom is 0.0843 e. The SMILES string of the molecule is CCC(CC)[C@H](C)[NH3+].[Cl-]. The van der Waals surface area contributed by atoms with Crippen LogP contribution in [0.3, 0.4) is 0 Å². The van der Waals surface area contributed by atoms with Crippen molar-refractivity contribution in [2.24, 2.45) is 5.92 Å². The van der Waals surface area contributed by atoms with Crippen LogP contribution in [-0.2, 0) is 0 Å². The first-order valence-electron chi connectivity index (χ1n) is 3.55. The molecule has 0 aliphatic carbocycles. The molecule has 0 saturated heterocycles. The van der Waals surface area contributed by atoms with Gasteiger partial charge < -0.3 is 18.1 Å². The fourth-order valence-electron chi connectivity index (χ4n) is 1.09. The summed E-state index contributed by atoms with van der Waals surface area (Å²) in [4.78, 5) is 0. The monoisotopic (exact) mass is 151 g/mol. The molecule has 0 heterocycles. The van der Waals surface area contributed by atoms with E-state index in [1.807, 2.05) is 0 Å². The van der Waals surface area contributed by atoms with E-state index in [9.17, 15) is 0 Å². The van der Waals surface area contributed by atoms with Crippen molar-refractivity contribution < 1.29 is 18.1 Å². The van der Waals surface area contributed by atoms with Crippen molar-refractivity contribution in [2.45, 2.75) is 39.7 Å². The first-order valence-corrected chi connectivity index (χ1v) is 3.55. The standard InChI is InChI=1S/C7H17N.ClH/c1-4-7(5-2)6(3)8;/h6-7H,4-5,8H2,1-3H3;1H/t6-;/m0./s1. The van der Waals surface area contributed by atoms with Crippen LogP contribution in [0.15, 0.2) is 0 Å². The number of hydrogen-bond donors (Lipinski definition) is 1. The van der Waals surface area contributed by atoms with Crippen molar-refractivity contribution >= 4 is 0 Å². The molecule has 58 valence electrons. The molecule has 0 unspecified atom stereocenters. The Hall–Kier alpha value is 0.250. The van der Waals surface area contributed by atoms with Crippen molar-refractivity contribution in [3.8, 4) is 0 Å². The van der Waals surface area contributed by atoms with E-state index in [-0.39, 0.29) is 12.4 Å². The minimum absolute atomic E-state index is 0. The van der Waals surface area contributed by atoms with Crippen LogP contribution >= 0.6 is 0 Å². The van der Waals surface area contributed by atoms with E-state index < -0.39 is 0 Å². The molecule has 0 saturated carbocycles. The number of rotatable bonds is 3. The summed E-state index contributed by atoms with van der Waals surface area (Å²) in [5.74, 6) is 0.843. The molecule has 0 aromatic rings. The number of halogens is 1. The van der Waals surface area contributed by atoms with Gasteiger partial charge in [0.25, 0.3) is 0 Å². The number of quaternary nitrogens is 1. The van der Waals surface area contributed by atoms with E-state index in [0.29, 0.717) is 6.04 Å². The summed E-state index contributed by atoms with van der Waals surface area (Å²) in [5, 5.41) is 0. The highest BCUT2D eigenvalue weighted by atomic mass is 35.5. The third-order valence-electron chi connectivity index (χ3n) is 1.85. The third kappa shape index (κ3) is 4.73. The van der Waals surface area contributed by atoms with Gasteiger partial charge >= 0.3 is 0 Å². The zero-order valence-electron chi connectivity index (χ0n) is 6.65. The normalized spacial score (nSPS) is 13.0. The second kappa shape index (κ2) is 6.37. The molecule has 0 aliphatic heterocycles. The molecule has 0 aromatic heterocycles. The van der Waals surface area contributed by atoms with Crippen LogP contribution in [0.5, 0.6) is 0 Å². The van der Waals surface area contributed by atoms with Crippen molar-refractivity contribution in [3.05, 3.63) is 0 Å². The lowest BCUT2D eigenvalue weighted by molar-refractivity contribution is -0.427. The maximum atomic E-state index is 3.98. The van der Waals surface area contributed by atoms with Crippen LogP contribution in [0.25, 0.3) is 0 Å². The molecule has 0 amide bonds. The van der Waals surface area contributed by atoms with Gasteiger partial charge in [-0.1, -0.05) is 13.8 Å². The Morgan fingerprint density at radius 3 is 1.56 bits per heavy atom. The van der Waals surface area contributed by atoms with Gasteiger partial charge in [-0.3, -0.25) is 0 Å². The van der Waals surface area contributed by atoms with Crippen LogP contribution in [0, 0.1) is 5.92 Å². The molecule has 0 fully saturated rings. The lowest BCUT2D eigenvalue weighted by Crippen LogP contribution is -3.00. The Kier molecular flexibility index (Phi) is 8.48. The zero-order chi connectivity index (χ0) is 6.57. The van der Waals surface area contributed by atoms with E-state index in [2.05, 4.69) is 26.5 Å². The molecule has 1 atom stereocenters. The molecule has 3 N–H and O–H groups in total. The summed E-state index contributed by atoms with van der Waals surface area (Å²) in [6.07, 6.45) is 2.56. The first kappa shape index (κ1) is 12.0. The van der Waals surface area contributed by atoms with E-state index in [1.165, 1.54) is 12.8 Å². The largest absolute Gasteiger partial charge is 1.00 e. The van der Waals surface area contributed by atoms with E-state index in [0.717, 1.165) is 5.92 Å². The molecule has 0 aliphatic rings. The fraction of sp³-hybridized carbons (Fsp3) is 1.00. The minimum atomic E-state index is 0. The van der Waals surface area contributed by atoms with E-state index >= 15 is 0 Å². The molecule has 0 spiro atoms. The smallest absolute Gasteiger partial charge is 0.0843 e. The Labute approximate surface area is 64.4 Å². The van der Waals surface area contributed by atoms with Crippen LogP contribution < -0.4 is 18.1 Å². The summed E-state index contributed by atoms with van der Waals surface area (Å²) in [6.45, 7) is 6.66. The summed E-state index contributed by atoms with van der Waals surface area (Å²) in [7, 11) is 0. The van der Waals surface area contributed by atoms with Gasteiger partial charge in [0.2, 0.25) is 0 Å². The van der Waals surface area contributed by atoms with Gasteiger partial charge in [-0.2, -0.15) is 0 Å². The van der Waals surface area contributed by atoms with Gasteiger partial charge in [-0.05, 0) is 19.8 Å². The van der Waals surface area contributed by atoms with E-state index in [4.69, 9.17) is 0 Å². The average Bonchev–Trinajstić information content (AvgIpc) is 1.69. The first-order chi connectivity index (χ1) is 3.72. The Bertz CT molecular complexity index is 50.9. The summed E-state index contributed by atoms with van der Waals surface area (Å²) < 4.78 is 0. The second-order valence-corrected chi connectivity index (χ2v) is 2.55. The van der Waals surface area contributed by atoms with Crippen LogP contribution in [0.1, 0.15) is 33.6 Å². The fourth-order valence-corrected chi connectivity index (χ4v) is 1.09. The Balaban J connectivity index is 0. The molecule has 0 rings (SSSR count). The van der Waals surface area contributed by atoms with Gasteiger partial charge in [0.15, 0.2) is 0 Å². The third-order valence-corrected chi connectivity index (χ3v) is 1.85. The quantitative estimate of drug-likeness (QED) is 0.486. The maximum absolute atomic E-state index is 3.98. The topological polar surface area (TPSA) is 27.6 Å². The second-order valence-electron chi connectivity index (χ2n) is 2.55. The van der Waals surface area contributed by atoms with Gasteiger partial charge in [-0.15, -0.1) is 0 Å². The summed E-state index contributed by atoms with van der Waals surface area (Å²) in [5.41, 5.74) is 3.98. The summed E-state index contributed by atoms with van der Waals surface area (Å²) >= 11 is 0. The molecule has 0 radical (unpaired) electrons. The lowest BCUT2D eigenvalue weighted by atomic mass is 9.97. The zero-order valence-corrected chi connectivity index (χ0v) is 7.41. The van der Waals surface area contributed by atoms with E-state index in [1.54, 1.807) is 0 Å². The van der Waals surface area contributed by atoms with Crippen molar-refractivity contribution in [2.75, 3.05) is 0 Å². The molecule has 0 bridgehead atoms. The Morgan fingerprint density at radius 2 is 1.56 bits per heavy atom. The molecule has 1 nitrogen and oxygen atoms in total. The summed E-state index contributed by atoms with van der Waals surface area (Å²) in [6, 6.07) is 0.630. The van der Waals surface area contributed by atoms with Crippen molar-refractivity contribution in [3.63, 3.8) is 0 Å². The molecule has 9 heavy (non-hydrogen) atoms. The van der Waals surface area contributed by atoms with Gasteiger partial charge in [0.1, 0.15) is 0 Å². The molecular formula is C7H18ClN. The van der Waals surface area contributed by atoms with Crippen LogP contribution in [0.4, 0.5) is 0 Å². The van der Waals surface area contributed by atoms with Gasteiger partial charge in [0, 0.05) is 5.92 Å².